The van der Waals surface area contributed by atoms with Gasteiger partial charge in [-0.25, -0.2) is 0 Å². The molecule has 1 amide bonds. The summed E-state index contributed by atoms with van der Waals surface area (Å²) in [7, 11) is 1.61. The molecule has 2 aromatic carbocycles. The Bertz CT molecular complexity index is 936. The number of amides is 1. The second-order valence-electron chi connectivity index (χ2n) is 6.26. The van der Waals surface area contributed by atoms with E-state index in [1.54, 1.807) is 7.11 Å². The summed E-state index contributed by atoms with van der Waals surface area (Å²) in [6, 6.07) is 13.0. The van der Waals surface area contributed by atoms with Gasteiger partial charge in [0.1, 0.15) is 16.4 Å². The van der Waals surface area contributed by atoms with Gasteiger partial charge in [-0.3, -0.25) is 4.79 Å². The van der Waals surface area contributed by atoms with Crippen LogP contribution in [0, 0.1) is 5.92 Å². The van der Waals surface area contributed by atoms with Gasteiger partial charge in [0.05, 0.1) is 24.4 Å². The number of carbonyl (C=O) groups excluding carboxylic acids is 1. The first kappa shape index (κ1) is 18.5. The van der Waals surface area contributed by atoms with Gasteiger partial charge in [-0.15, -0.1) is 11.3 Å². The molecular formula is C20H20ClNO3S. The van der Waals surface area contributed by atoms with E-state index in [1.807, 2.05) is 42.5 Å². The van der Waals surface area contributed by atoms with Gasteiger partial charge in [0.25, 0.3) is 5.91 Å². The second-order valence-corrected chi connectivity index (χ2v) is 7.69. The highest BCUT2D eigenvalue weighted by Gasteiger charge is 2.19. The van der Waals surface area contributed by atoms with Crippen LogP contribution in [-0.2, 0) is 0 Å². The first-order valence-electron chi connectivity index (χ1n) is 8.28. The van der Waals surface area contributed by atoms with Crippen LogP contribution in [-0.4, -0.2) is 19.6 Å². The number of ether oxygens (including phenoxy) is 2. The number of halogens is 1. The minimum absolute atomic E-state index is 0.254. The van der Waals surface area contributed by atoms with E-state index in [1.165, 1.54) is 11.3 Å². The van der Waals surface area contributed by atoms with Crippen molar-refractivity contribution in [1.82, 2.24) is 0 Å². The Balaban J connectivity index is 1.87. The Morgan fingerprint density at radius 1 is 1.23 bits per heavy atom. The molecule has 0 aliphatic carbocycles. The predicted octanol–water partition coefficient (Wildman–Crippen LogP) is 5.85. The Hall–Kier alpha value is -2.24. The van der Waals surface area contributed by atoms with Crippen LogP contribution >= 0.6 is 22.9 Å². The lowest BCUT2D eigenvalue weighted by Crippen LogP contribution is -2.13. The van der Waals surface area contributed by atoms with Gasteiger partial charge in [0.15, 0.2) is 0 Å². The maximum absolute atomic E-state index is 12.8. The van der Waals surface area contributed by atoms with Gasteiger partial charge in [-0.2, -0.15) is 0 Å². The Kier molecular flexibility index (Phi) is 5.69. The Morgan fingerprint density at radius 2 is 2.00 bits per heavy atom. The third kappa shape index (κ3) is 3.94. The van der Waals surface area contributed by atoms with Crippen LogP contribution in [0.1, 0.15) is 23.5 Å². The fourth-order valence-electron chi connectivity index (χ4n) is 2.45. The molecule has 136 valence electrons. The summed E-state index contributed by atoms with van der Waals surface area (Å²) in [5.74, 6) is 1.52. The average Bonchev–Trinajstić information content (AvgIpc) is 2.97. The highest BCUT2D eigenvalue weighted by Crippen LogP contribution is 2.38. The number of rotatable bonds is 6. The van der Waals surface area contributed by atoms with Gasteiger partial charge in [-0.05, 0) is 36.2 Å². The fourth-order valence-corrected chi connectivity index (χ4v) is 3.89. The molecule has 0 radical (unpaired) electrons. The highest BCUT2D eigenvalue weighted by molar-refractivity contribution is 7.21. The summed E-state index contributed by atoms with van der Waals surface area (Å²) in [6.07, 6.45) is 0. The molecule has 0 saturated carbocycles. The number of benzene rings is 2. The van der Waals surface area contributed by atoms with Crippen LogP contribution < -0.4 is 14.8 Å². The number of carbonyl (C=O) groups is 1. The molecule has 0 unspecified atom stereocenters. The lowest BCUT2D eigenvalue weighted by Gasteiger charge is -2.13. The van der Waals surface area contributed by atoms with Crippen molar-refractivity contribution in [2.24, 2.45) is 5.92 Å². The van der Waals surface area contributed by atoms with E-state index < -0.39 is 0 Å². The van der Waals surface area contributed by atoms with Gasteiger partial charge in [0, 0.05) is 10.1 Å². The number of nitrogens with one attached hydrogen (secondary N) is 1. The van der Waals surface area contributed by atoms with Gasteiger partial charge >= 0.3 is 0 Å². The Labute approximate surface area is 161 Å². The van der Waals surface area contributed by atoms with Gasteiger partial charge in [-0.1, -0.05) is 37.6 Å². The summed E-state index contributed by atoms with van der Waals surface area (Å²) in [5.41, 5.74) is 0.629. The van der Waals surface area contributed by atoms with Crippen LogP contribution in [0.5, 0.6) is 11.5 Å². The maximum Gasteiger partial charge on any atom is 0.267 e. The molecule has 0 aliphatic rings. The molecule has 3 rings (SSSR count). The molecule has 0 spiro atoms. The largest absolute Gasteiger partial charge is 0.497 e. The molecule has 1 aromatic heterocycles. The van der Waals surface area contributed by atoms with Crippen molar-refractivity contribution in [3.8, 4) is 11.5 Å². The zero-order chi connectivity index (χ0) is 18.7. The number of thiophene rings is 1. The van der Waals surface area contributed by atoms with E-state index >= 15 is 0 Å². The van der Waals surface area contributed by atoms with Crippen molar-refractivity contribution in [2.45, 2.75) is 13.8 Å². The number of hydrogen-bond donors (Lipinski definition) is 1. The highest BCUT2D eigenvalue weighted by atomic mass is 35.5. The molecule has 0 atom stereocenters. The summed E-state index contributed by atoms with van der Waals surface area (Å²) in [6.45, 7) is 4.73. The molecule has 0 aliphatic heterocycles. The molecule has 0 saturated heterocycles. The number of hydrogen-bond acceptors (Lipinski definition) is 4. The van der Waals surface area contributed by atoms with Crippen LogP contribution in [0.3, 0.4) is 0 Å². The quantitative estimate of drug-likeness (QED) is 0.575. The summed E-state index contributed by atoms with van der Waals surface area (Å²) >= 11 is 7.77. The minimum atomic E-state index is -0.254. The number of methoxy groups -OCH3 is 1. The van der Waals surface area contributed by atoms with E-state index in [0.717, 1.165) is 15.8 Å². The third-order valence-electron chi connectivity index (χ3n) is 3.75. The van der Waals surface area contributed by atoms with E-state index in [4.69, 9.17) is 21.1 Å². The SMILES string of the molecule is COc1ccc2c(Cl)c(C(=O)Nc3ccccc3OCC(C)C)sc2c1. The molecule has 26 heavy (non-hydrogen) atoms. The number of fused-ring (bicyclic) bond motifs is 1. The first-order chi connectivity index (χ1) is 12.5. The van der Waals surface area contributed by atoms with E-state index in [9.17, 15) is 4.79 Å². The van der Waals surface area contributed by atoms with Crippen molar-refractivity contribution in [2.75, 3.05) is 19.0 Å². The number of para-hydroxylation sites is 2. The predicted molar refractivity (Wildman–Crippen MR) is 108 cm³/mol. The minimum Gasteiger partial charge on any atom is -0.497 e. The van der Waals surface area contributed by atoms with E-state index in [0.29, 0.717) is 33.9 Å². The van der Waals surface area contributed by atoms with Crippen LogP contribution in [0.2, 0.25) is 5.02 Å². The maximum atomic E-state index is 12.8. The topological polar surface area (TPSA) is 47.6 Å². The molecule has 6 heteroatoms. The molecule has 1 heterocycles. The normalized spacial score (nSPS) is 11.0. The van der Waals surface area contributed by atoms with Crippen molar-refractivity contribution < 1.29 is 14.3 Å². The molecule has 0 fully saturated rings. The smallest absolute Gasteiger partial charge is 0.267 e. The van der Waals surface area contributed by atoms with Crippen molar-refractivity contribution in [1.29, 1.82) is 0 Å². The summed E-state index contributed by atoms with van der Waals surface area (Å²) in [5, 5.41) is 4.20. The van der Waals surface area contributed by atoms with Crippen molar-refractivity contribution in [3.63, 3.8) is 0 Å². The third-order valence-corrected chi connectivity index (χ3v) is 5.41. The molecule has 1 N–H and O–H groups in total. The van der Waals surface area contributed by atoms with E-state index in [-0.39, 0.29) is 5.91 Å². The number of anilines is 1. The molecule has 4 nitrogen and oxygen atoms in total. The van der Waals surface area contributed by atoms with Crippen molar-refractivity contribution in [3.05, 3.63) is 52.4 Å². The van der Waals surface area contributed by atoms with Crippen LogP contribution in [0.4, 0.5) is 5.69 Å². The molecular weight excluding hydrogens is 370 g/mol. The lowest BCUT2D eigenvalue weighted by atomic mass is 10.2. The average molecular weight is 390 g/mol. The summed E-state index contributed by atoms with van der Waals surface area (Å²) in [4.78, 5) is 13.2. The zero-order valence-corrected chi connectivity index (χ0v) is 16.4. The lowest BCUT2D eigenvalue weighted by molar-refractivity contribution is 0.103. The monoisotopic (exact) mass is 389 g/mol. The summed E-state index contributed by atoms with van der Waals surface area (Å²) < 4.78 is 11.9. The van der Waals surface area contributed by atoms with Crippen LogP contribution in [0.25, 0.3) is 10.1 Å². The fraction of sp³-hybridized carbons (Fsp3) is 0.250. The van der Waals surface area contributed by atoms with E-state index in [2.05, 4.69) is 19.2 Å². The Morgan fingerprint density at radius 3 is 2.73 bits per heavy atom. The standard InChI is InChI=1S/C20H20ClNO3S/c1-12(2)11-25-16-7-5-4-6-15(16)22-20(23)19-18(21)14-9-8-13(24-3)10-17(14)26-19/h4-10,12H,11H2,1-3H3,(H,22,23). The first-order valence-corrected chi connectivity index (χ1v) is 9.48. The van der Waals surface area contributed by atoms with Crippen LogP contribution in [0.15, 0.2) is 42.5 Å². The second kappa shape index (κ2) is 7.98. The van der Waals surface area contributed by atoms with Gasteiger partial charge < -0.3 is 14.8 Å². The molecule has 0 bridgehead atoms. The zero-order valence-electron chi connectivity index (χ0n) is 14.8. The molecule has 3 aromatic rings. The van der Waals surface area contributed by atoms with Crippen molar-refractivity contribution >= 4 is 44.6 Å². The van der Waals surface area contributed by atoms with Gasteiger partial charge in [0.2, 0.25) is 0 Å².